The topological polar surface area (TPSA) is 97.4 Å². The molecule has 6 unspecified atom stereocenters. The van der Waals surface area contributed by atoms with Gasteiger partial charge in [-0.25, -0.2) is 0 Å². The summed E-state index contributed by atoms with van der Waals surface area (Å²) in [5, 5.41) is 0.514. The van der Waals surface area contributed by atoms with Crippen LogP contribution in [-0.2, 0) is 33.1 Å². The number of ether oxygens (including phenoxy) is 4. The maximum absolute atomic E-state index is 14.6. The Hall–Kier alpha value is -2.67. The molecule has 0 amide bonds. The summed E-state index contributed by atoms with van der Waals surface area (Å²) in [6.07, 6.45) is 6.32. The highest BCUT2D eigenvalue weighted by atomic mass is 31.2. The molecule has 256 valence electrons. The van der Waals surface area contributed by atoms with Crippen LogP contribution in [0.5, 0.6) is 5.75 Å². The highest BCUT2D eigenvalue weighted by molar-refractivity contribution is 7.67. The van der Waals surface area contributed by atoms with E-state index in [1.54, 1.807) is 32.0 Å². The van der Waals surface area contributed by atoms with Crippen LogP contribution < -0.4 is 9.83 Å². The number of fused-ring (bicyclic) bond motifs is 3. The Morgan fingerprint density at radius 3 is 1.89 bits per heavy atom. The van der Waals surface area contributed by atoms with Crippen LogP contribution in [0.15, 0.2) is 48.5 Å². The second kappa shape index (κ2) is 19.2. The molecule has 0 fully saturated rings. The maximum atomic E-state index is 14.6. The second-order valence-corrected chi connectivity index (χ2v) is 14.8. The van der Waals surface area contributed by atoms with Crippen LogP contribution in [0.3, 0.4) is 0 Å². The van der Waals surface area contributed by atoms with Crippen LogP contribution in [-0.4, -0.2) is 43.9 Å². The average molecular weight is 659 g/mol. The van der Waals surface area contributed by atoms with Crippen molar-refractivity contribution < 1.29 is 37.6 Å². The molecule has 1 heterocycles. The van der Waals surface area contributed by atoms with E-state index in [2.05, 4.69) is 27.7 Å². The molecule has 0 spiro atoms. The first-order valence-electron chi connectivity index (χ1n) is 17.2. The van der Waals surface area contributed by atoms with Crippen LogP contribution in [0.1, 0.15) is 99.3 Å². The van der Waals surface area contributed by atoms with Gasteiger partial charge in [-0.15, -0.1) is 0 Å². The molecule has 0 N–H and O–H groups in total. The summed E-state index contributed by atoms with van der Waals surface area (Å²) in [5.41, 5.74) is 1.61. The lowest BCUT2D eigenvalue weighted by molar-refractivity contribution is -0.188. The summed E-state index contributed by atoms with van der Waals surface area (Å²) in [4.78, 5) is 26.9. The molecule has 0 bridgehead atoms. The van der Waals surface area contributed by atoms with E-state index in [9.17, 15) is 14.2 Å². The minimum absolute atomic E-state index is 0.225. The molecule has 0 saturated heterocycles. The molecule has 8 nitrogen and oxygen atoms in total. The monoisotopic (exact) mass is 658 g/mol. The van der Waals surface area contributed by atoms with Gasteiger partial charge in [0.05, 0.1) is 37.0 Å². The van der Waals surface area contributed by atoms with E-state index in [4.69, 9.17) is 23.5 Å². The summed E-state index contributed by atoms with van der Waals surface area (Å²) in [6.45, 7) is 12.9. The van der Waals surface area contributed by atoms with Crippen LogP contribution in [0.25, 0.3) is 11.1 Å². The third-order valence-corrected chi connectivity index (χ3v) is 11.2. The largest absolute Gasteiger partial charge is 0.439 e. The standard InChI is InChI=1S/C37H55O8P/c1-7-11-17-29(9-3)24-41-27(5)43-36(38)23-31(37(39)44-28(6)42-25-30(10-4)18-12-8-2)26-46(40)35-22-16-14-20-33(35)32-19-13-15-21-34(32)45-46/h13-16,19-22,27-31H,7-12,17-18,23-26H2,1-6H3. The van der Waals surface area contributed by atoms with Gasteiger partial charge in [0.2, 0.25) is 0 Å². The first kappa shape index (κ1) is 37.8. The van der Waals surface area contributed by atoms with Gasteiger partial charge in [-0.2, -0.15) is 0 Å². The lowest BCUT2D eigenvalue weighted by atomic mass is 10.0. The molecule has 0 radical (unpaired) electrons. The van der Waals surface area contributed by atoms with Crippen molar-refractivity contribution in [3.05, 3.63) is 48.5 Å². The fraction of sp³-hybridized carbons (Fsp3) is 0.622. The summed E-state index contributed by atoms with van der Waals surface area (Å²) in [5.74, 6) is -1.18. The molecule has 1 aliphatic rings. The molecule has 0 aromatic heterocycles. The molecule has 46 heavy (non-hydrogen) atoms. The van der Waals surface area contributed by atoms with Gasteiger partial charge in [0, 0.05) is 5.56 Å². The zero-order valence-electron chi connectivity index (χ0n) is 28.7. The average Bonchev–Trinajstić information content (AvgIpc) is 3.04. The smallest absolute Gasteiger partial charge is 0.312 e. The molecular weight excluding hydrogens is 603 g/mol. The lowest BCUT2D eigenvalue weighted by Crippen LogP contribution is -2.33. The van der Waals surface area contributed by atoms with Crippen LogP contribution in [0, 0.1) is 17.8 Å². The SMILES string of the molecule is CCCCC(CC)COC(C)OC(=O)CC(CP1(=O)Oc2ccccc2-c2ccccc21)C(=O)OC(C)OCC(CC)CCCC. The van der Waals surface area contributed by atoms with Crippen LogP contribution in [0.2, 0.25) is 0 Å². The number of benzene rings is 2. The fourth-order valence-electron chi connectivity index (χ4n) is 5.73. The van der Waals surface area contributed by atoms with Gasteiger partial charge < -0.3 is 23.5 Å². The van der Waals surface area contributed by atoms with Crippen LogP contribution in [0.4, 0.5) is 0 Å². The van der Waals surface area contributed by atoms with Crippen molar-refractivity contribution in [3.8, 4) is 16.9 Å². The van der Waals surface area contributed by atoms with E-state index in [1.165, 1.54) is 0 Å². The Labute approximate surface area is 276 Å². The third kappa shape index (κ3) is 11.2. The number of hydrogen-bond acceptors (Lipinski definition) is 8. The Kier molecular flexibility index (Phi) is 15.8. The molecule has 9 heteroatoms. The van der Waals surface area contributed by atoms with Gasteiger partial charge in [-0.05, 0) is 56.2 Å². The second-order valence-electron chi connectivity index (χ2n) is 12.4. The van der Waals surface area contributed by atoms with E-state index in [0.717, 1.165) is 62.5 Å². The molecule has 0 aliphatic carbocycles. The molecule has 3 rings (SSSR count). The normalized spacial score (nSPS) is 18.7. The molecule has 1 aliphatic heterocycles. The first-order chi connectivity index (χ1) is 22.1. The minimum Gasteiger partial charge on any atom is -0.439 e. The number of rotatable bonds is 21. The summed E-state index contributed by atoms with van der Waals surface area (Å²) >= 11 is 0. The van der Waals surface area contributed by atoms with Crippen molar-refractivity contribution >= 4 is 24.6 Å². The first-order valence-corrected chi connectivity index (χ1v) is 19.1. The van der Waals surface area contributed by atoms with E-state index >= 15 is 0 Å². The summed E-state index contributed by atoms with van der Waals surface area (Å²) < 4.78 is 43.9. The molecule has 2 aromatic carbocycles. The summed E-state index contributed by atoms with van der Waals surface area (Å²) in [7, 11) is -3.65. The predicted octanol–water partition coefficient (Wildman–Crippen LogP) is 8.90. The van der Waals surface area contributed by atoms with E-state index in [-0.39, 0.29) is 12.6 Å². The van der Waals surface area contributed by atoms with E-state index < -0.39 is 37.8 Å². The van der Waals surface area contributed by atoms with Gasteiger partial charge in [-0.1, -0.05) is 103 Å². The lowest BCUT2D eigenvalue weighted by Gasteiger charge is -2.31. The van der Waals surface area contributed by atoms with E-state index in [1.807, 2.05) is 30.3 Å². The quantitative estimate of drug-likeness (QED) is 0.0745. The molecular formula is C37H55O8P. The number of carbonyl (C=O) groups excluding carboxylic acids is 2. The van der Waals surface area contributed by atoms with Crippen molar-refractivity contribution in [2.24, 2.45) is 17.8 Å². The number of carbonyl (C=O) groups is 2. The Balaban J connectivity index is 1.76. The number of hydrogen-bond donors (Lipinski definition) is 0. The Morgan fingerprint density at radius 2 is 1.30 bits per heavy atom. The fourth-order valence-corrected chi connectivity index (χ4v) is 8.31. The maximum Gasteiger partial charge on any atom is 0.312 e. The highest BCUT2D eigenvalue weighted by Crippen LogP contribution is 2.55. The molecule has 0 saturated carbocycles. The van der Waals surface area contributed by atoms with Crippen molar-refractivity contribution in [2.45, 2.75) is 112 Å². The van der Waals surface area contributed by atoms with Crippen molar-refractivity contribution in [1.82, 2.24) is 0 Å². The number of para-hydroxylation sites is 1. The summed E-state index contributed by atoms with van der Waals surface area (Å²) in [6, 6.07) is 14.7. The third-order valence-electron chi connectivity index (χ3n) is 8.70. The highest BCUT2D eigenvalue weighted by Gasteiger charge is 2.41. The van der Waals surface area contributed by atoms with Crippen molar-refractivity contribution in [2.75, 3.05) is 19.4 Å². The molecule has 6 atom stereocenters. The zero-order chi connectivity index (χ0) is 33.5. The van der Waals surface area contributed by atoms with Crippen molar-refractivity contribution in [3.63, 3.8) is 0 Å². The number of esters is 2. The van der Waals surface area contributed by atoms with Gasteiger partial charge in [-0.3, -0.25) is 14.2 Å². The Bertz CT molecular complexity index is 1280. The van der Waals surface area contributed by atoms with E-state index in [0.29, 0.717) is 36.1 Å². The van der Waals surface area contributed by atoms with Crippen molar-refractivity contribution in [1.29, 1.82) is 0 Å². The predicted molar refractivity (Wildman–Crippen MR) is 182 cm³/mol. The van der Waals surface area contributed by atoms with Crippen LogP contribution >= 0.6 is 7.37 Å². The van der Waals surface area contributed by atoms with Gasteiger partial charge in [0.15, 0.2) is 12.6 Å². The minimum atomic E-state index is -3.65. The molecule has 2 aromatic rings. The number of unbranched alkanes of at least 4 members (excludes halogenated alkanes) is 2. The van der Waals surface area contributed by atoms with Gasteiger partial charge in [0.25, 0.3) is 7.37 Å². The van der Waals surface area contributed by atoms with Gasteiger partial charge >= 0.3 is 11.9 Å². The zero-order valence-corrected chi connectivity index (χ0v) is 29.6. The van der Waals surface area contributed by atoms with Gasteiger partial charge in [0.1, 0.15) is 5.75 Å². The Morgan fingerprint density at radius 1 is 0.761 bits per heavy atom.